The third kappa shape index (κ3) is 3.60. The highest BCUT2D eigenvalue weighted by atomic mass is 32.2. The molecule has 1 amide bonds. The summed E-state index contributed by atoms with van der Waals surface area (Å²) in [5, 5.41) is 2.71. The van der Waals surface area contributed by atoms with E-state index in [1.165, 1.54) is 6.07 Å². The third-order valence-electron chi connectivity index (χ3n) is 3.48. The number of nitrogens with one attached hydrogen (secondary N) is 1. The fourth-order valence-corrected chi connectivity index (χ4v) is 4.33. The van der Waals surface area contributed by atoms with Crippen molar-refractivity contribution in [3.63, 3.8) is 0 Å². The van der Waals surface area contributed by atoms with Crippen molar-refractivity contribution in [3.05, 3.63) is 48.0 Å². The monoisotopic (exact) mass is 361 g/mol. The number of carbonyl (C=O) groups is 1. The van der Waals surface area contributed by atoms with Crippen LogP contribution in [0.4, 0.5) is 5.69 Å². The summed E-state index contributed by atoms with van der Waals surface area (Å²) in [5.41, 5.74) is 2.58. The largest absolute Gasteiger partial charge is 0.326 e. The zero-order valence-corrected chi connectivity index (χ0v) is 14.5. The van der Waals surface area contributed by atoms with Crippen LogP contribution in [-0.4, -0.2) is 28.8 Å². The molecule has 0 aliphatic carbocycles. The van der Waals surface area contributed by atoms with Gasteiger partial charge in [0.2, 0.25) is 5.91 Å². The number of aromatic nitrogens is 2. The van der Waals surface area contributed by atoms with Gasteiger partial charge in [-0.3, -0.25) is 4.79 Å². The fraction of sp³-hybridized carbons (Fsp3) is 0.188. The van der Waals surface area contributed by atoms with E-state index >= 15 is 0 Å². The number of hydrogen-bond acceptors (Lipinski definition) is 6. The van der Waals surface area contributed by atoms with Gasteiger partial charge in [0.25, 0.3) is 0 Å². The molecule has 1 heterocycles. The zero-order chi connectivity index (χ0) is 17.2. The van der Waals surface area contributed by atoms with Crippen LogP contribution in [0.25, 0.3) is 11.0 Å². The van der Waals surface area contributed by atoms with Crippen LogP contribution in [0.2, 0.25) is 0 Å². The SMILES string of the molecule is Cc1cccc(NC(=O)CCS(=O)(=O)c2cccc3nsnc23)c1. The Balaban J connectivity index is 1.71. The first-order valence-electron chi connectivity index (χ1n) is 7.26. The van der Waals surface area contributed by atoms with E-state index in [1.807, 2.05) is 25.1 Å². The number of sulfone groups is 1. The van der Waals surface area contributed by atoms with Gasteiger partial charge in [0.15, 0.2) is 9.84 Å². The Morgan fingerprint density at radius 1 is 1.17 bits per heavy atom. The maximum atomic E-state index is 12.5. The van der Waals surface area contributed by atoms with Gasteiger partial charge in [0.1, 0.15) is 11.0 Å². The first-order valence-corrected chi connectivity index (χ1v) is 9.64. The lowest BCUT2D eigenvalue weighted by atomic mass is 10.2. The molecule has 0 saturated heterocycles. The highest BCUT2D eigenvalue weighted by Crippen LogP contribution is 2.22. The van der Waals surface area contributed by atoms with Crippen molar-refractivity contribution in [1.82, 2.24) is 8.75 Å². The van der Waals surface area contributed by atoms with Gasteiger partial charge in [0, 0.05) is 12.1 Å². The quantitative estimate of drug-likeness (QED) is 0.755. The Labute approximate surface area is 143 Å². The number of nitrogens with zero attached hydrogens (tertiary/aromatic N) is 2. The van der Waals surface area contributed by atoms with Crippen LogP contribution in [0.15, 0.2) is 47.4 Å². The molecule has 0 atom stereocenters. The third-order valence-corrected chi connectivity index (χ3v) is 5.77. The van der Waals surface area contributed by atoms with Crippen LogP contribution >= 0.6 is 11.7 Å². The summed E-state index contributed by atoms with van der Waals surface area (Å²) < 4.78 is 33.1. The Hall–Kier alpha value is -2.32. The van der Waals surface area contributed by atoms with E-state index in [4.69, 9.17) is 0 Å². The van der Waals surface area contributed by atoms with Crippen LogP contribution in [0.5, 0.6) is 0 Å². The molecule has 8 heteroatoms. The van der Waals surface area contributed by atoms with Crippen LogP contribution in [0, 0.1) is 6.92 Å². The summed E-state index contributed by atoms with van der Waals surface area (Å²) >= 11 is 0.967. The molecule has 0 bridgehead atoms. The minimum atomic E-state index is -3.61. The topological polar surface area (TPSA) is 89.0 Å². The van der Waals surface area contributed by atoms with E-state index in [2.05, 4.69) is 14.1 Å². The van der Waals surface area contributed by atoms with Gasteiger partial charge in [-0.1, -0.05) is 18.2 Å². The lowest BCUT2D eigenvalue weighted by molar-refractivity contribution is -0.115. The Bertz CT molecular complexity index is 996. The van der Waals surface area contributed by atoms with Crippen molar-refractivity contribution in [2.24, 2.45) is 0 Å². The molecule has 124 valence electrons. The maximum Gasteiger partial charge on any atom is 0.225 e. The molecule has 0 radical (unpaired) electrons. The molecule has 0 aliphatic rings. The van der Waals surface area contributed by atoms with Crippen molar-refractivity contribution in [2.45, 2.75) is 18.2 Å². The van der Waals surface area contributed by atoms with E-state index in [0.29, 0.717) is 16.7 Å². The molecule has 0 fully saturated rings. The van der Waals surface area contributed by atoms with Crippen molar-refractivity contribution in [1.29, 1.82) is 0 Å². The number of fused-ring (bicyclic) bond motifs is 1. The maximum absolute atomic E-state index is 12.5. The van der Waals surface area contributed by atoms with Crippen molar-refractivity contribution in [3.8, 4) is 0 Å². The molecular formula is C16H15N3O3S2. The van der Waals surface area contributed by atoms with Gasteiger partial charge in [-0.05, 0) is 36.8 Å². The highest BCUT2D eigenvalue weighted by molar-refractivity contribution is 7.91. The van der Waals surface area contributed by atoms with E-state index in [1.54, 1.807) is 18.2 Å². The molecule has 0 unspecified atom stereocenters. The Morgan fingerprint density at radius 2 is 1.96 bits per heavy atom. The van der Waals surface area contributed by atoms with Gasteiger partial charge in [-0.15, -0.1) is 0 Å². The smallest absolute Gasteiger partial charge is 0.225 e. The predicted octanol–water partition coefficient (Wildman–Crippen LogP) is 2.80. The summed E-state index contributed by atoms with van der Waals surface area (Å²) in [6.07, 6.45) is -0.121. The van der Waals surface area contributed by atoms with Crippen molar-refractivity contribution < 1.29 is 13.2 Å². The average Bonchev–Trinajstić information content (AvgIpc) is 3.01. The number of amides is 1. The predicted molar refractivity (Wildman–Crippen MR) is 93.9 cm³/mol. The number of aryl methyl sites for hydroxylation is 1. The van der Waals surface area contributed by atoms with E-state index in [-0.39, 0.29) is 23.0 Å². The Morgan fingerprint density at radius 3 is 2.75 bits per heavy atom. The number of rotatable bonds is 5. The van der Waals surface area contributed by atoms with Gasteiger partial charge in [-0.25, -0.2) is 8.42 Å². The van der Waals surface area contributed by atoms with Crippen LogP contribution in [0.1, 0.15) is 12.0 Å². The molecule has 0 spiro atoms. The van der Waals surface area contributed by atoms with Crippen molar-refractivity contribution >= 4 is 44.2 Å². The lowest BCUT2D eigenvalue weighted by Gasteiger charge is -2.07. The molecule has 6 nitrogen and oxygen atoms in total. The zero-order valence-electron chi connectivity index (χ0n) is 12.9. The number of anilines is 1. The Kier molecular flexibility index (Phi) is 4.59. The standard InChI is InChI=1S/C16H15N3O3S2/c1-11-4-2-5-12(10-11)17-15(20)8-9-24(21,22)14-7-3-6-13-16(14)19-23-18-13/h2-7,10H,8-9H2,1H3,(H,17,20). The molecule has 0 aliphatic heterocycles. The van der Waals surface area contributed by atoms with Gasteiger partial charge < -0.3 is 5.32 Å². The van der Waals surface area contributed by atoms with E-state index in [0.717, 1.165) is 17.3 Å². The first-order chi connectivity index (χ1) is 11.5. The van der Waals surface area contributed by atoms with Gasteiger partial charge in [0.05, 0.1) is 22.4 Å². The van der Waals surface area contributed by atoms with E-state index in [9.17, 15) is 13.2 Å². The molecule has 0 saturated carbocycles. The number of carbonyl (C=O) groups excluding carboxylic acids is 1. The summed E-state index contributed by atoms with van der Waals surface area (Å²) in [5.74, 6) is -0.617. The average molecular weight is 361 g/mol. The molecule has 1 aromatic heterocycles. The summed E-state index contributed by atoms with van der Waals surface area (Å²) in [6, 6.07) is 12.2. The lowest BCUT2D eigenvalue weighted by Crippen LogP contribution is -2.17. The number of hydrogen-bond donors (Lipinski definition) is 1. The van der Waals surface area contributed by atoms with Crippen molar-refractivity contribution in [2.75, 3.05) is 11.1 Å². The molecule has 1 N–H and O–H groups in total. The fourth-order valence-electron chi connectivity index (χ4n) is 2.32. The highest BCUT2D eigenvalue weighted by Gasteiger charge is 2.21. The second kappa shape index (κ2) is 6.66. The van der Waals surface area contributed by atoms with Gasteiger partial charge >= 0.3 is 0 Å². The minimum Gasteiger partial charge on any atom is -0.326 e. The molecule has 2 aromatic carbocycles. The summed E-state index contributed by atoms with van der Waals surface area (Å²) in [4.78, 5) is 12.1. The summed E-state index contributed by atoms with van der Waals surface area (Å²) in [6.45, 7) is 1.92. The van der Waals surface area contributed by atoms with Gasteiger partial charge in [-0.2, -0.15) is 8.75 Å². The second-order valence-corrected chi connectivity index (χ2v) is 7.98. The first kappa shape index (κ1) is 16.5. The van der Waals surface area contributed by atoms with Crippen LogP contribution in [0.3, 0.4) is 0 Å². The molecular weight excluding hydrogens is 346 g/mol. The van der Waals surface area contributed by atoms with Crippen LogP contribution < -0.4 is 5.32 Å². The minimum absolute atomic E-state index is 0.121. The molecule has 3 aromatic rings. The molecule has 24 heavy (non-hydrogen) atoms. The summed E-state index contributed by atoms with van der Waals surface area (Å²) in [7, 11) is -3.61. The normalized spacial score (nSPS) is 11.5. The van der Waals surface area contributed by atoms with E-state index < -0.39 is 9.84 Å². The molecule has 3 rings (SSSR count). The van der Waals surface area contributed by atoms with Crippen LogP contribution in [-0.2, 0) is 14.6 Å². The second-order valence-electron chi connectivity index (χ2n) is 5.37. The number of benzene rings is 2.